The third-order valence-corrected chi connectivity index (χ3v) is 6.09. The number of hydrogen-bond acceptors (Lipinski definition) is 5. The molecule has 2 aromatic rings. The Morgan fingerprint density at radius 2 is 1.62 bits per heavy atom. The predicted octanol–water partition coefficient (Wildman–Crippen LogP) is 3.08. The van der Waals surface area contributed by atoms with Crippen LogP contribution in [-0.4, -0.2) is 45.3 Å². The number of amides is 1. The van der Waals surface area contributed by atoms with Crippen molar-refractivity contribution in [2.24, 2.45) is 0 Å². The minimum atomic E-state index is -3.53. The van der Waals surface area contributed by atoms with Crippen molar-refractivity contribution in [2.75, 3.05) is 26.0 Å². The number of ether oxygens (including phenoxy) is 1. The van der Waals surface area contributed by atoms with Crippen molar-refractivity contribution in [2.45, 2.75) is 31.1 Å². The van der Waals surface area contributed by atoms with E-state index in [1.165, 1.54) is 38.4 Å². The van der Waals surface area contributed by atoms with E-state index in [4.69, 9.17) is 4.74 Å². The fourth-order valence-corrected chi connectivity index (χ4v) is 3.42. The van der Waals surface area contributed by atoms with E-state index in [1.807, 2.05) is 12.1 Å². The lowest BCUT2D eigenvalue weighted by Crippen LogP contribution is -2.22. The number of carbonyl (C=O) groups excluding carboxylic acids is 2. The van der Waals surface area contributed by atoms with Gasteiger partial charge in [0.1, 0.15) is 0 Å². The number of nitrogens with zero attached hydrogens (tertiary/aromatic N) is 1. The first-order valence-electron chi connectivity index (χ1n) is 9.32. The van der Waals surface area contributed by atoms with Crippen molar-refractivity contribution in [1.82, 2.24) is 4.31 Å². The molecular formula is C21H26N2O5S. The van der Waals surface area contributed by atoms with Crippen LogP contribution in [0.3, 0.4) is 0 Å². The molecule has 0 spiro atoms. The molecule has 0 bridgehead atoms. The fraction of sp³-hybridized carbons (Fsp3) is 0.333. The third-order valence-electron chi connectivity index (χ3n) is 4.26. The van der Waals surface area contributed by atoms with Crippen LogP contribution in [0.2, 0.25) is 0 Å². The normalized spacial score (nSPS) is 11.3. The summed E-state index contributed by atoms with van der Waals surface area (Å²) in [5, 5.41) is 2.56. The lowest BCUT2D eigenvalue weighted by Gasteiger charge is -2.12. The minimum Gasteiger partial charge on any atom is -0.452 e. The zero-order valence-corrected chi connectivity index (χ0v) is 17.7. The Morgan fingerprint density at radius 3 is 2.17 bits per heavy atom. The smallest absolute Gasteiger partial charge is 0.338 e. The van der Waals surface area contributed by atoms with Gasteiger partial charge in [-0.05, 0) is 54.8 Å². The second-order valence-electron chi connectivity index (χ2n) is 6.74. The Kier molecular flexibility index (Phi) is 7.92. The van der Waals surface area contributed by atoms with Crippen LogP contribution in [0, 0.1) is 0 Å². The van der Waals surface area contributed by atoms with E-state index < -0.39 is 28.5 Å². The largest absolute Gasteiger partial charge is 0.452 e. The van der Waals surface area contributed by atoms with Crippen molar-refractivity contribution in [1.29, 1.82) is 0 Å². The molecule has 1 amide bonds. The molecule has 0 heterocycles. The lowest BCUT2D eigenvalue weighted by atomic mass is 10.1. The zero-order valence-electron chi connectivity index (χ0n) is 16.8. The zero-order chi connectivity index (χ0) is 21.4. The molecule has 0 saturated carbocycles. The van der Waals surface area contributed by atoms with Crippen LogP contribution >= 0.6 is 0 Å². The molecular weight excluding hydrogens is 392 g/mol. The Hall–Kier alpha value is -2.71. The number of aryl methyl sites for hydroxylation is 1. The lowest BCUT2D eigenvalue weighted by molar-refractivity contribution is -0.119. The summed E-state index contributed by atoms with van der Waals surface area (Å²) >= 11 is 0. The van der Waals surface area contributed by atoms with E-state index in [9.17, 15) is 18.0 Å². The molecule has 29 heavy (non-hydrogen) atoms. The number of carbonyl (C=O) groups is 2. The van der Waals surface area contributed by atoms with Gasteiger partial charge in [0.15, 0.2) is 6.61 Å². The summed E-state index contributed by atoms with van der Waals surface area (Å²) in [7, 11) is -0.646. The highest BCUT2D eigenvalue weighted by atomic mass is 32.2. The van der Waals surface area contributed by atoms with Crippen molar-refractivity contribution >= 4 is 27.6 Å². The molecule has 0 fully saturated rings. The Morgan fingerprint density at radius 1 is 1.00 bits per heavy atom. The summed E-state index contributed by atoms with van der Waals surface area (Å²) in [6, 6.07) is 12.9. The van der Waals surface area contributed by atoms with E-state index in [2.05, 4.69) is 12.2 Å². The first-order valence-corrected chi connectivity index (χ1v) is 10.8. The van der Waals surface area contributed by atoms with Gasteiger partial charge in [-0.3, -0.25) is 4.79 Å². The maximum absolute atomic E-state index is 12.1. The summed E-state index contributed by atoms with van der Waals surface area (Å²) in [6.45, 7) is 1.69. The number of nitrogens with one attached hydrogen (secondary N) is 1. The molecule has 0 unspecified atom stereocenters. The molecule has 0 saturated heterocycles. The molecule has 1 N–H and O–H groups in total. The van der Waals surface area contributed by atoms with Crippen molar-refractivity contribution < 1.29 is 22.7 Å². The first kappa shape index (κ1) is 22.6. The molecule has 0 radical (unpaired) electrons. The van der Waals surface area contributed by atoms with Gasteiger partial charge in [-0.1, -0.05) is 25.5 Å². The van der Waals surface area contributed by atoms with Gasteiger partial charge in [0, 0.05) is 19.8 Å². The van der Waals surface area contributed by atoms with Crippen molar-refractivity contribution in [3.8, 4) is 0 Å². The number of esters is 1. The molecule has 0 aliphatic carbocycles. The second-order valence-corrected chi connectivity index (χ2v) is 8.89. The van der Waals surface area contributed by atoms with Crippen LogP contribution in [0.15, 0.2) is 53.4 Å². The summed E-state index contributed by atoms with van der Waals surface area (Å²) in [4.78, 5) is 24.2. The molecule has 7 nitrogen and oxygen atoms in total. The highest BCUT2D eigenvalue weighted by Crippen LogP contribution is 2.16. The topological polar surface area (TPSA) is 92.8 Å². The minimum absolute atomic E-state index is 0.120. The number of unbranched alkanes of at least 4 members (excludes halogenated alkanes) is 1. The van der Waals surface area contributed by atoms with Crippen molar-refractivity contribution in [3.63, 3.8) is 0 Å². The Bertz CT molecular complexity index is 936. The standard InChI is InChI=1S/C21H26N2O5S/c1-4-5-6-16-7-9-17(10-8-16)21(25)28-15-20(24)22-18-11-13-19(14-12-18)29(26,27)23(2)3/h7-14H,4-6,15H2,1-3H3,(H,22,24). The van der Waals surface area contributed by atoms with Gasteiger partial charge in [0.25, 0.3) is 5.91 Å². The van der Waals surface area contributed by atoms with Crippen LogP contribution in [-0.2, 0) is 26.0 Å². The van der Waals surface area contributed by atoms with Gasteiger partial charge in [-0.15, -0.1) is 0 Å². The van der Waals surface area contributed by atoms with E-state index in [0.717, 1.165) is 29.1 Å². The summed E-state index contributed by atoms with van der Waals surface area (Å²) in [6.07, 6.45) is 3.15. The highest BCUT2D eigenvalue weighted by molar-refractivity contribution is 7.89. The predicted molar refractivity (Wildman–Crippen MR) is 111 cm³/mol. The van der Waals surface area contributed by atoms with Gasteiger partial charge in [-0.2, -0.15) is 0 Å². The first-order chi connectivity index (χ1) is 13.7. The number of sulfonamides is 1. The number of anilines is 1. The van der Waals surface area contributed by atoms with Gasteiger partial charge < -0.3 is 10.1 Å². The molecule has 8 heteroatoms. The van der Waals surface area contributed by atoms with Crippen LogP contribution in [0.5, 0.6) is 0 Å². The quantitative estimate of drug-likeness (QED) is 0.632. The monoisotopic (exact) mass is 418 g/mol. The van der Waals surface area contributed by atoms with Gasteiger partial charge in [0.05, 0.1) is 10.5 Å². The molecule has 2 aromatic carbocycles. The number of benzene rings is 2. The Balaban J connectivity index is 1.87. The highest BCUT2D eigenvalue weighted by Gasteiger charge is 2.17. The van der Waals surface area contributed by atoms with Crippen LogP contribution in [0.25, 0.3) is 0 Å². The molecule has 0 aliphatic rings. The van der Waals surface area contributed by atoms with E-state index in [-0.39, 0.29) is 4.90 Å². The average Bonchev–Trinajstić information content (AvgIpc) is 2.71. The van der Waals surface area contributed by atoms with Crippen molar-refractivity contribution in [3.05, 3.63) is 59.7 Å². The SMILES string of the molecule is CCCCc1ccc(C(=O)OCC(=O)Nc2ccc(S(=O)(=O)N(C)C)cc2)cc1. The summed E-state index contributed by atoms with van der Waals surface area (Å²) < 4.78 is 30.2. The molecule has 2 rings (SSSR count). The van der Waals surface area contributed by atoms with Gasteiger partial charge in [0.2, 0.25) is 10.0 Å². The summed E-state index contributed by atoms with van der Waals surface area (Å²) in [5.41, 5.74) is 1.95. The van der Waals surface area contributed by atoms with E-state index in [0.29, 0.717) is 11.3 Å². The molecule has 0 aliphatic heterocycles. The third kappa shape index (κ3) is 6.40. The van der Waals surface area contributed by atoms with Gasteiger partial charge in [-0.25, -0.2) is 17.5 Å². The van der Waals surface area contributed by atoms with E-state index >= 15 is 0 Å². The number of hydrogen-bond donors (Lipinski definition) is 1. The fourth-order valence-electron chi connectivity index (χ4n) is 2.52. The summed E-state index contributed by atoms with van der Waals surface area (Å²) in [5.74, 6) is -1.09. The van der Waals surface area contributed by atoms with Crippen LogP contribution in [0.4, 0.5) is 5.69 Å². The molecule has 0 atom stereocenters. The second kappa shape index (κ2) is 10.2. The van der Waals surface area contributed by atoms with Crippen LogP contribution < -0.4 is 5.32 Å². The molecule has 156 valence electrons. The number of rotatable bonds is 9. The maximum Gasteiger partial charge on any atom is 0.338 e. The van der Waals surface area contributed by atoms with E-state index in [1.54, 1.807) is 12.1 Å². The van der Waals surface area contributed by atoms with Crippen LogP contribution in [0.1, 0.15) is 35.7 Å². The van der Waals surface area contributed by atoms with Gasteiger partial charge >= 0.3 is 5.97 Å². The Labute approximate surface area is 171 Å². The molecule has 0 aromatic heterocycles. The maximum atomic E-state index is 12.1. The average molecular weight is 419 g/mol.